The van der Waals surface area contributed by atoms with Crippen molar-refractivity contribution in [1.29, 1.82) is 0 Å². The average molecular weight is 187 g/mol. The van der Waals surface area contributed by atoms with Crippen LogP contribution in [0, 0.1) is 0 Å². The summed E-state index contributed by atoms with van der Waals surface area (Å²) in [6.45, 7) is 3.12. The minimum absolute atomic E-state index is 0.722. The van der Waals surface area contributed by atoms with E-state index in [1.54, 1.807) is 0 Å². The lowest BCUT2D eigenvalue weighted by atomic mass is 10.1. The summed E-state index contributed by atoms with van der Waals surface area (Å²) in [4.78, 5) is 12.7. The molecule has 2 N–H and O–H groups in total. The van der Waals surface area contributed by atoms with Crippen LogP contribution >= 0.6 is 0 Å². The molecule has 0 aromatic heterocycles. The van der Waals surface area contributed by atoms with Crippen molar-refractivity contribution < 1.29 is 15.0 Å². The zero-order valence-corrected chi connectivity index (χ0v) is 7.94. The molecule has 2 atom stereocenters. The van der Waals surface area contributed by atoms with Crippen LogP contribution in [0.25, 0.3) is 0 Å². The van der Waals surface area contributed by atoms with E-state index >= 15 is 0 Å². The smallest absolute Gasteiger partial charge is 0.323 e. The van der Waals surface area contributed by atoms with Gasteiger partial charge in [-0.1, -0.05) is 6.42 Å². The Hall–Kier alpha value is -0.610. The Morgan fingerprint density at radius 1 is 1.31 bits per heavy atom. The van der Waals surface area contributed by atoms with Gasteiger partial charge >= 0.3 is 5.97 Å². The molecule has 13 heavy (non-hydrogen) atoms. The molecule has 0 amide bonds. The molecular weight excluding hydrogens is 170 g/mol. The summed E-state index contributed by atoms with van der Waals surface area (Å²) in [5, 5.41) is 18.2. The van der Waals surface area contributed by atoms with Crippen molar-refractivity contribution in [1.82, 2.24) is 4.90 Å². The Morgan fingerprint density at radius 3 is 2.23 bits per heavy atom. The van der Waals surface area contributed by atoms with Crippen molar-refractivity contribution in [2.45, 2.75) is 38.3 Å². The highest BCUT2D eigenvalue weighted by molar-refractivity contribution is 5.74. The molecule has 1 rings (SSSR count). The van der Waals surface area contributed by atoms with Gasteiger partial charge in [-0.3, -0.25) is 9.69 Å². The molecule has 76 valence electrons. The average Bonchev–Trinajstić information content (AvgIpc) is 2.04. The van der Waals surface area contributed by atoms with Crippen LogP contribution in [-0.2, 0) is 4.79 Å². The van der Waals surface area contributed by atoms with Gasteiger partial charge in [-0.2, -0.15) is 0 Å². The van der Waals surface area contributed by atoms with Gasteiger partial charge in [-0.25, -0.2) is 0 Å². The first-order chi connectivity index (χ1) is 6.13. The van der Waals surface area contributed by atoms with Crippen LogP contribution in [0.2, 0.25) is 0 Å². The Balaban J connectivity index is 2.57. The molecule has 0 bridgehead atoms. The monoisotopic (exact) mass is 187 g/mol. The van der Waals surface area contributed by atoms with Crippen molar-refractivity contribution in [3.63, 3.8) is 0 Å². The van der Waals surface area contributed by atoms with Gasteiger partial charge in [0.15, 0.2) is 0 Å². The second-order valence-electron chi connectivity index (χ2n) is 3.62. The van der Waals surface area contributed by atoms with Gasteiger partial charge < -0.3 is 10.2 Å². The number of aliphatic hydroxyl groups excluding tert-OH is 1. The van der Waals surface area contributed by atoms with Crippen molar-refractivity contribution in [2.24, 2.45) is 0 Å². The van der Waals surface area contributed by atoms with Gasteiger partial charge in [0.2, 0.25) is 0 Å². The molecule has 1 aliphatic heterocycles. The lowest BCUT2D eigenvalue weighted by Crippen LogP contribution is -2.49. The van der Waals surface area contributed by atoms with Crippen LogP contribution in [0.4, 0.5) is 0 Å². The van der Waals surface area contributed by atoms with E-state index in [4.69, 9.17) is 5.11 Å². The first kappa shape index (κ1) is 10.5. The van der Waals surface area contributed by atoms with Crippen LogP contribution < -0.4 is 0 Å². The summed E-state index contributed by atoms with van der Waals surface area (Å²) in [6.07, 6.45) is 2.45. The number of piperidine rings is 1. The van der Waals surface area contributed by atoms with Crippen LogP contribution in [0.15, 0.2) is 0 Å². The first-order valence-electron chi connectivity index (χ1n) is 4.78. The molecule has 4 nitrogen and oxygen atoms in total. The molecule has 1 saturated heterocycles. The topological polar surface area (TPSA) is 60.8 Å². The Bertz CT molecular complexity index is 176. The summed E-state index contributed by atoms with van der Waals surface area (Å²) in [6, 6.07) is -0.722. The molecule has 0 unspecified atom stereocenters. The highest BCUT2D eigenvalue weighted by Gasteiger charge is 2.30. The zero-order valence-electron chi connectivity index (χ0n) is 7.94. The van der Waals surface area contributed by atoms with E-state index in [9.17, 15) is 9.90 Å². The third-order valence-electron chi connectivity index (χ3n) is 2.49. The van der Waals surface area contributed by atoms with Gasteiger partial charge in [-0.05, 0) is 32.9 Å². The summed E-state index contributed by atoms with van der Waals surface area (Å²) in [5.41, 5.74) is 0. The standard InChI is InChI=1S/C9H17NO3/c1-7(11)8(9(12)13)10-5-3-2-4-6-10/h7-8,11H,2-6H2,1H3,(H,12,13)/t7-,8-/m0/s1. The predicted octanol–water partition coefficient (Wildman–Crippen LogP) is 0.306. The van der Waals surface area contributed by atoms with Gasteiger partial charge in [0.25, 0.3) is 0 Å². The maximum absolute atomic E-state index is 10.8. The number of carbonyl (C=O) groups is 1. The second kappa shape index (κ2) is 4.58. The molecule has 0 radical (unpaired) electrons. The maximum Gasteiger partial charge on any atom is 0.323 e. The van der Waals surface area contributed by atoms with Gasteiger partial charge in [0, 0.05) is 0 Å². The van der Waals surface area contributed by atoms with E-state index in [1.165, 1.54) is 13.3 Å². The number of carboxylic acids is 1. The van der Waals surface area contributed by atoms with Gasteiger partial charge in [-0.15, -0.1) is 0 Å². The molecule has 1 fully saturated rings. The minimum atomic E-state index is -0.920. The summed E-state index contributed by atoms with van der Waals surface area (Å²) in [5.74, 6) is -0.920. The van der Waals surface area contributed by atoms with Crippen LogP contribution in [0.1, 0.15) is 26.2 Å². The van der Waals surface area contributed by atoms with Crippen LogP contribution in [0.5, 0.6) is 0 Å². The zero-order chi connectivity index (χ0) is 9.84. The van der Waals surface area contributed by atoms with Crippen molar-refractivity contribution >= 4 is 5.97 Å². The molecule has 0 spiro atoms. The lowest BCUT2D eigenvalue weighted by molar-refractivity contribution is -0.147. The van der Waals surface area contributed by atoms with Crippen LogP contribution in [-0.4, -0.2) is 46.3 Å². The SMILES string of the molecule is C[C@H](O)[C@@H](C(=O)O)N1CCCCC1. The molecule has 1 heterocycles. The fraction of sp³-hybridized carbons (Fsp3) is 0.889. The maximum atomic E-state index is 10.8. The highest BCUT2D eigenvalue weighted by Crippen LogP contribution is 2.14. The molecular formula is C9H17NO3. The van der Waals surface area contributed by atoms with E-state index < -0.39 is 18.1 Å². The lowest BCUT2D eigenvalue weighted by Gasteiger charge is -2.33. The third kappa shape index (κ3) is 2.67. The van der Waals surface area contributed by atoms with Gasteiger partial charge in [0.1, 0.15) is 6.04 Å². The Kier molecular flexibility index (Phi) is 3.69. The van der Waals surface area contributed by atoms with E-state index in [0.717, 1.165) is 25.9 Å². The van der Waals surface area contributed by atoms with E-state index in [1.807, 2.05) is 4.90 Å². The first-order valence-corrected chi connectivity index (χ1v) is 4.78. The fourth-order valence-corrected chi connectivity index (χ4v) is 1.86. The third-order valence-corrected chi connectivity index (χ3v) is 2.49. The molecule has 0 aliphatic carbocycles. The normalized spacial score (nSPS) is 23.8. The highest BCUT2D eigenvalue weighted by atomic mass is 16.4. The molecule has 1 aliphatic rings. The number of carboxylic acid groups (broad SMARTS) is 1. The van der Waals surface area contributed by atoms with Crippen molar-refractivity contribution in [3.8, 4) is 0 Å². The van der Waals surface area contributed by atoms with Crippen LogP contribution in [0.3, 0.4) is 0 Å². The van der Waals surface area contributed by atoms with Gasteiger partial charge in [0.05, 0.1) is 6.10 Å². The van der Waals surface area contributed by atoms with E-state index in [-0.39, 0.29) is 0 Å². The Morgan fingerprint density at radius 2 is 1.85 bits per heavy atom. The summed E-state index contributed by atoms with van der Waals surface area (Å²) < 4.78 is 0. The van der Waals surface area contributed by atoms with E-state index in [2.05, 4.69) is 0 Å². The minimum Gasteiger partial charge on any atom is -0.480 e. The molecule has 0 aromatic rings. The number of nitrogens with zero attached hydrogens (tertiary/aromatic N) is 1. The number of aliphatic carboxylic acids is 1. The fourth-order valence-electron chi connectivity index (χ4n) is 1.86. The second-order valence-corrected chi connectivity index (χ2v) is 3.62. The summed E-state index contributed by atoms with van der Waals surface area (Å²) >= 11 is 0. The molecule has 4 heteroatoms. The van der Waals surface area contributed by atoms with E-state index in [0.29, 0.717) is 0 Å². The molecule has 0 aromatic carbocycles. The predicted molar refractivity (Wildman–Crippen MR) is 48.5 cm³/mol. The number of rotatable bonds is 3. The number of hydrogen-bond acceptors (Lipinski definition) is 3. The van der Waals surface area contributed by atoms with Crippen molar-refractivity contribution in [2.75, 3.05) is 13.1 Å². The number of likely N-dealkylation sites (tertiary alicyclic amines) is 1. The summed E-state index contributed by atoms with van der Waals surface area (Å²) in [7, 11) is 0. The number of aliphatic hydroxyl groups is 1. The Labute approximate surface area is 78.2 Å². The largest absolute Gasteiger partial charge is 0.480 e. The number of hydrogen-bond donors (Lipinski definition) is 2. The van der Waals surface area contributed by atoms with Crippen molar-refractivity contribution in [3.05, 3.63) is 0 Å². The molecule has 0 saturated carbocycles. The quantitative estimate of drug-likeness (QED) is 0.667.